The largest absolute Gasteiger partial charge is 0.466 e. The summed E-state index contributed by atoms with van der Waals surface area (Å²) in [4.78, 5) is 55.3. The highest BCUT2D eigenvalue weighted by Gasteiger charge is 2.36. The van der Waals surface area contributed by atoms with E-state index in [1.54, 1.807) is 0 Å². The van der Waals surface area contributed by atoms with Crippen molar-refractivity contribution in [3.8, 4) is 0 Å². The van der Waals surface area contributed by atoms with Crippen LogP contribution in [0.2, 0.25) is 0 Å². The number of piperidine rings is 1. The molecule has 0 aliphatic carbocycles. The molecule has 370 valence electrons. The van der Waals surface area contributed by atoms with Crippen molar-refractivity contribution < 1.29 is 38.1 Å². The fourth-order valence-electron chi connectivity index (χ4n) is 8.58. The number of ether oxygens (including phenoxy) is 4. The molecule has 0 spiro atoms. The van der Waals surface area contributed by atoms with Crippen molar-refractivity contribution in [2.24, 2.45) is 0 Å². The van der Waals surface area contributed by atoms with E-state index in [2.05, 4.69) is 25.7 Å². The Balaban J connectivity index is 2.42. The third kappa shape index (κ3) is 35.7. The predicted molar refractivity (Wildman–Crippen MR) is 259 cm³/mol. The standard InChI is InChI=1S/C53H100N2O8/c1-6-9-12-15-18-19-20-25-33-44-60-50(56)37-31-27-32-41-55-43-39-48(63-52(58)40-42-54(4)5)46-49(55)53(59)61-45-34-26-21-24-30-38-51(57)62-47(35-28-22-16-13-10-7-2)36-29-23-17-14-11-8-3/h47-49H,6-46H2,1-5H3/t48-,49+/m1/s1. The lowest BCUT2D eigenvalue weighted by atomic mass is 9.98. The lowest BCUT2D eigenvalue weighted by Gasteiger charge is -2.37. The van der Waals surface area contributed by atoms with E-state index in [9.17, 15) is 19.2 Å². The van der Waals surface area contributed by atoms with Crippen LogP contribution in [0.25, 0.3) is 0 Å². The third-order valence-corrected chi connectivity index (χ3v) is 12.7. The minimum absolute atomic E-state index is 0.0493. The third-order valence-electron chi connectivity index (χ3n) is 12.7. The molecule has 1 rings (SSSR count). The lowest BCUT2D eigenvalue weighted by molar-refractivity contribution is -0.161. The molecule has 1 heterocycles. The number of hydrogen-bond donors (Lipinski definition) is 0. The van der Waals surface area contributed by atoms with E-state index in [4.69, 9.17) is 18.9 Å². The van der Waals surface area contributed by atoms with Crippen LogP contribution in [0.5, 0.6) is 0 Å². The van der Waals surface area contributed by atoms with Gasteiger partial charge in [-0.3, -0.25) is 24.1 Å². The fraction of sp³-hybridized carbons (Fsp3) is 0.925. The van der Waals surface area contributed by atoms with Gasteiger partial charge in [-0.1, -0.05) is 162 Å². The summed E-state index contributed by atoms with van der Waals surface area (Å²) in [6, 6.07) is -0.455. The van der Waals surface area contributed by atoms with Crippen molar-refractivity contribution in [3.63, 3.8) is 0 Å². The van der Waals surface area contributed by atoms with Crippen LogP contribution in [-0.2, 0) is 38.1 Å². The first-order valence-electron chi connectivity index (χ1n) is 26.8. The highest BCUT2D eigenvalue weighted by Crippen LogP contribution is 2.24. The summed E-state index contributed by atoms with van der Waals surface area (Å²) < 4.78 is 23.2. The molecule has 0 N–H and O–H groups in total. The Hall–Kier alpha value is -2.20. The summed E-state index contributed by atoms with van der Waals surface area (Å²) in [6.07, 6.45) is 37.3. The van der Waals surface area contributed by atoms with Crippen LogP contribution in [0.3, 0.4) is 0 Å². The van der Waals surface area contributed by atoms with E-state index in [0.29, 0.717) is 58.4 Å². The van der Waals surface area contributed by atoms with Crippen LogP contribution in [0.1, 0.15) is 252 Å². The van der Waals surface area contributed by atoms with Gasteiger partial charge in [-0.25, -0.2) is 0 Å². The number of likely N-dealkylation sites (tertiary alicyclic amines) is 1. The molecular weight excluding hydrogens is 793 g/mol. The zero-order valence-electron chi connectivity index (χ0n) is 41.9. The molecular formula is C53H100N2O8. The molecule has 0 aromatic carbocycles. The molecule has 2 atom stereocenters. The Kier molecular flexibility index (Phi) is 39.6. The second-order valence-corrected chi connectivity index (χ2v) is 19.0. The minimum atomic E-state index is -0.455. The van der Waals surface area contributed by atoms with Gasteiger partial charge >= 0.3 is 23.9 Å². The van der Waals surface area contributed by atoms with Crippen LogP contribution in [0.4, 0.5) is 0 Å². The van der Waals surface area contributed by atoms with Gasteiger partial charge in [-0.2, -0.15) is 0 Å². The van der Waals surface area contributed by atoms with E-state index in [-0.39, 0.29) is 36.1 Å². The maximum absolute atomic E-state index is 13.5. The number of hydrogen-bond acceptors (Lipinski definition) is 10. The average Bonchev–Trinajstić information content (AvgIpc) is 3.26. The smallest absolute Gasteiger partial charge is 0.323 e. The molecule has 1 aliphatic heterocycles. The zero-order valence-corrected chi connectivity index (χ0v) is 41.9. The molecule has 1 fully saturated rings. The average molecular weight is 893 g/mol. The maximum Gasteiger partial charge on any atom is 0.323 e. The Bertz CT molecular complexity index is 1090. The van der Waals surface area contributed by atoms with Crippen molar-refractivity contribution >= 4 is 23.9 Å². The zero-order chi connectivity index (χ0) is 46.0. The Labute approximate surface area is 387 Å². The lowest BCUT2D eigenvalue weighted by Crippen LogP contribution is -2.50. The molecule has 0 amide bonds. The summed E-state index contributed by atoms with van der Waals surface area (Å²) in [6.45, 7) is 9.63. The van der Waals surface area contributed by atoms with Crippen molar-refractivity contribution in [3.05, 3.63) is 0 Å². The van der Waals surface area contributed by atoms with Gasteiger partial charge in [-0.15, -0.1) is 0 Å². The number of carbonyl (C=O) groups excluding carboxylic acids is 4. The van der Waals surface area contributed by atoms with Gasteiger partial charge in [0.2, 0.25) is 0 Å². The number of esters is 4. The second kappa shape index (κ2) is 42.4. The maximum atomic E-state index is 13.5. The van der Waals surface area contributed by atoms with Crippen LogP contribution in [-0.4, -0.2) is 98.9 Å². The normalized spacial score (nSPS) is 15.5. The van der Waals surface area contributed by atoms with Gasteiger partial charge in [0.25, 0.3) is 0 Å². The topological polar surface area (TPSA) is 112 Å². The van der Waals surface area contributed by atoms with Crippen molar-refractivity contribution in [1.82, 2.24) is 9.80 Å². The molecule has 1 aliphatic rings. The fourth-order valence-corrected chi connectivity index (χ4v) is 8.58. The minimum Gasteiger partial charge on any atom is -0.466 e. The first-order valence-corrected chi connectivity index (χ1v) is 26.8. The molecule has 0 aromatic heterocycles. The Morgan fingerprint density at radius 2 is 0.984 bits per heavy atom. The van der Waals surface area contributed by atoms with Gasteiger partial charge in [-0.05, 0) is 84.8 Å². The molecule has 0 saturated carbocycles. The van der Waals surface area contributed by atoms with Gasteiger partial charge < -0.3 is 23.8 Å². The summed E-state index contributed by atoms with van der Waals surface area (Å²) in [7, 11) is 3.86. The summed E-state index contributed by atoms with van der Waals surface area (Å²) >= 11 is 0. The number of unbranched alkanes of at least 4 members (excludes halogenated alkanes) is 24. The number of carbonyl (C=O) groups is 4. The predicted octanol–water partition coefficient (Wildman–Crippen LogP) is 13.2. The van der Waals surface area contributed by atoms with E-state index in [1.807, 2.05) is 19.0 Å². The van der Waals surface area contributed by atoms with Crippen LogP contribution in [0, 0.1) is 0 Å². The molecule has 10 heteroatoms. The SMILES string of the molecule is CCCCCCCCCCCOC(=O)CCCCCN1CC[C@@H](OC(=O)CCN(C)C)C[C@H]1C(=O)OCCCCCCCC(=O)OC(CCCCCCCC)CCCCCCCC. The van der Waals surface area contributed by atoms with Gasteiger partial charge in [0.1, 0.15) is 18.2 Å². The summed E-state index contributed by atoms with van der Waals surface area (Å²) in [5.74, 6) is -0.639. The molecule has 0 unspecified atom stereocenters. The number of rotatable bonds is 44. The van der Waals surface area contributed by atoms with Crippen LogP contribution >= 0.6 is 0 Å². The molecule has 0 radical (unpaired) electrons. The highest BCUT2D eigenvalue weighted by atomic mass is 16.6. The van der Waals surface area contributed by atoms with Crippen molar-refractivity contribution in [1.29, 1.82) is 0 Å². The molecule has 63 heavy (non-hydrogen) atoms. The summed E-state index contributed by atoms with van der Waals surface area (Å²) in [5, 5.41) is 0. The summed E-state index contributed by atoms with van der Waals surface area (Å²) in [5.41, 5.74) is 0. The van der Waals surface area contributed by atoms with E-state index in [1.165, 1.54) is 109 Å². The second-order valence-electron chi connectivity index (χ2n) is 19.0. The van der Waals surface area contributed by atoms with Crippen molar-refractivity contribution in [2.75, 3.05) is 46.9 Å². The van der Waals surface area contributed by atoms with Gasteiger partial charge in [0.05, 0.1) is 19.6 Å². The van der Waals surface area contributed by atoms with E-state index >= 15 is 0 Å². The van der Waals surface area contributed by atoms with Crippen LogP contribution < -0.4 is 0 Å². The molecule has 0 bridgehead atoms. The van der Waals surface area contributed by atoms with Gasteiger partial charge in [0.15, 0.2) is 0 Å². The molecule has 0 aromatic rings. The Morgan fingerprint density at radius 1 is 0.524 bits per heavy atom. The van der Waals surface area contributed by atoms with E-state index < -0.39 is 6.04 Å². The van der Waals surface area contributed by atoms with Crippen LogP contribution in [0.15, 0.2) is 0 Å². The van der Waals surface area contributed by atoms with E-state index in [0.717, 1.165) is 96.4 Å². The monoisotopic (exact) mass is 893 g/mol. The molecule has 10 nitrogen and oxygen atoms in total. The Morgan fingerprint density at radius 3 is 1.52 bits per heavy atom. The highest BCUT2D eigenvalue weighted by molar-refractivity contribution is 5.76. The van der Waals surface area contributed by atoms with Crippen molar-refractivity contribution in [2.45, 2.75) is 270 Å². The number of nitrogens with zero attached hydrogens (tertiary/aromatic N) is 2. The molecule has 1 saturated heterocycles. The first-order chi connectivity index (χ1) is 30.7. The van der Waals surface area contributed by atoms with Gasteiger partial charge in [0, 0.05) is 32.4 Å². The quantitative estimate of drug-likeness (QED) is 0.0333. The first kappa shape index (κ1) is 58.8.